The van der Waals surface area contributed by atoms with Gasteiger partial charge in [-0.15, -0.1) is 0 Å². The maximum Gasteiger partial charge on any atom is 0.258 e. The Morgan fingerprint density at radius 1 is 0.852 bits per heavy atom. The van der Waals surface area contributed by atoms with E-state index in [4.69, 9.17) is 9.47 Å². The van der Waals surface area contributed by atoms with E-state index in [1.165, 1.54) is 14.2 Å². The maximum atomic E-state index is 13.6. The number of amides is 2. The lowest BCUT2D eigenvalue weighted by molar-refractivity contribution is 0.0921. The van der Waals surface area contributed by atoms with Crippen molar-refractivity contribution < 1.29 is 32.2 Å². The average Bonchev–Trinajstić information content (AvgIpc) is 2.68. The molecule has 0 aliphatic carbocycles. The molecule has 0 bridgehead atoms. The van der Waals surface area contributed by atoms with Crippen molar-refractivity contribution in [3.63, 3.8) is 0 Å². The zero-order valence-corrected chi connectivity index (χ0v) is 14.6. The van der Waals surface area contributed by atoms with E-state index in [0.29, 0.717) is 17.6 Å². The third-order valence-corrected chi connectivity index (χ3v) is 3.63. The summed E-state index contributed by atoms with van der Waals surface area (Å²) in [5.41, 5.74) is -0.452. The average molecular weight is 382 g/mol. The fraction of sp³-hybridized carbons (Fsp3) is 0.222. The Kier molecular flexibility index (Phi) is 6.64. The quantitative estimate of drug-likeness (QED) is 0.569. The number of hydrogen-bond donors (Lipinski definition) is 2. The normalized spacial score (nSPS) is 10.3. The van der Waals surface area contributed by atoms with Crippen molar-refractivity contribution in [2.24, 2.45) is 0 Å². The van der Waals surface area contributed by atoms with Gasteiger partial charge in [-0.3, -0.25) is 9.59 Å². The summed E-state index contributed by atoms with van der Waals surface area (Å²) in [6.45, 7) is -0.0719. The Morgan fingerprint density at radius 3 is 1.96 bits per heavy atom. The Labute approximate surface area is 153 Å². The minimum Gasteiger partial charge on any atom is -0.496 e. The predicted molar refractivity (Wildman–Crippen MR) is 90.5 cm³/mol. The van der Waals surface area contributed by atoms with Crippen LogP contribution in [0.3, 0.4) is 0 Å². The molecule has 144 valence electrons. The Hall–Kier alpha value is -3.23. The second kappa shape index (κ2) is 8.93. The van der Waals surface area contributed by atoms with Gasteiger partial charge in [0, 0.05) is 13.1 Å². The van der Waals surface area contributed by atoms with Gasteiger partial charge in [0.25, 0.3) is 11.8 Å². The van der Waals surface area contributed by atoms with E-state index in [-0.39, 0.29) is 18.7 Å². The summed E-state index contributed by atoms with van der Waals surface area (Å²) in [4.78, 5) is 24.2. The first-order valence-corrected chi connectivity index (χ1v) is 7.81. The van der Waals surface area contributed by atoms with E-state index < -0.39 is 34.8 Å². The lowest BCUT2D eigenvalue weighted by Gasteiger charge is -2.13. The molecule has 0 saturated carbocycles. The summed E-state index contributed by atoms with van der Waals surface area (Å²) >= 11 is 0. The van der Waals surface area contributed by atoms with Gasteiger partial charge >= 0.3 is 0 Å². The zero-order chi connectivity index (χ0) is 20.0. The fourth-order valence-corrected chi connectivity index (χ4v) is 2.31. The van der Waals surface area contributed by atoms with Crippen molar-refractivity contribution in [2.45, 2.75) is 0 Å². The van der Waals surface area contributed by atoms with Gasteiger partial charge in [-0.05, 0) is 24.3 Å². The molecule has 2 aromatic rings. The highest BCUT2D eigenvalue weighted by Gasteiger charge is 2.19. The van der Waals surface area contributed by atoms with Gasteiger partial charge in [-0.25, -0.2) is 13.2 Å². The Bertz CT molecular complexity index is 836. The number of halogens is 3. The van der Waals surface area contributed by atoms with Crippen LogP contribution in [0, 0.1) is 17.5 Å². The first kappa shape index (κ1) is 20.1. The standard InChI is InChI=1S/C18H17F3N2O4/c1-26-12-4-3-5-13(27-2)14(12)18(25)23-9-8-22-17(24)10-6-7-11(19)16(21)15(10)20/h3-7H,8-9H2,1-2H3,(H,22,24)(H,23,25). The Balaban J connectivity index is 1.95. The van der Waals surface area contributed by atoms with Crippen LogP contribution in [0.25, 0.3) is 0 Å². The van der Waals surface area contributed by atoms with Gasteiger partial charge in [0.1, 0.15) is 17.1 Å². The van der Waals surface area contributed by atoms with Gasteiger partial charge in [0.15, 0.2) is 17.5 Å². The molecule has 9 heteroatoms. The minimum atomic E-state index is -1.72. The second-order valence-electron chi connectivity index (χ2n) is 5.27. The summed E-state index contributed by atoms with van der Waals surface area (Å²) < 4.78 is 49.9. The highest BCUT2D eigenvalue weighted by Crippen LogP contribution is 2.27. The SMILES string of the molecule is COc1cccc(OC)c1C(=O)NCCNC(=O)c1ccc(F)c(F)c1F. The van der Waals surface area contributed by atoms with E-state index in [2.05, 4.69) is 10.6 Å². The number of hydrogen-bond acceptors (Lipinski definition) is 4. The first-order valence-electron chi connectivity index (χ1n) is 7.81. The number of rotatable bonds is 7. The van der Waals surface area contributed by atoms with E-state index in [0.717, 1.165) is 6.07 Å². The van der Waals surface area contributed by atoms with Crippen LogP contribution in [0.1, 0.15) is 20.7 Å². The molecule has 0 saturated heterocycles. The topological polar surface area (TPSA) is 76.7 Å². The summed E-state index contributed by atoms with van der Waals surface area (Å²) in [5, 5.41) is 4.85. The molecule has 2 rings (SSSR count). The van der Waals surface area contributed by atoms with E-state index in [1.807, 2.05) is 0 Å². The van der Waals surface area contributed by atoms with Crippen molar-refractivity contribution in [1.29, 1.82) is 0 Å². The molecule has 27 heavy (non-hydrogen) atoms. The highest BCUT2D eigenvalue weighted by atomic mass is 19.2. The lowest BCUT2D eigenvalue weighted by Crippen LogP contribution is -2.35. The van der Waals surface area contributed by atoms with E-state index in [9.17, 15) is 22.8 Å². The van der Waals surface area contributed by atoms with Crippen molar-refractivity contribution in [3.8, 4) is 11.5 Å². The fourth-order valence-electron chi connectivity index (χ4n) is 2.31. The van der Waals surface area contributed by atoms with Crippen molar-refractivity contribution in [1.82, 2.24) is 10.6 Å². The van der Waals surface area contributed by atoms with Crippen LogP contribution in [-0.2, 0) is 0 Å². The molecule has 0 unspecified atom stereocenters. The number of carbonyl (C=O) groups is 2. The van der Waals surface area contributed by atoms with Crippen LogP contribution >= 0.6 is 0 Å². The molecule has 0 fully saturated rings. The number of methoxy groups -OCH3 is 2. The van der Waals surface area contributed by atoms with Gasteiger partial charge in [-0.2, -0.15) is 0 Å². The molecule has 0 spiro atoms. The molecule has 0 heterocycles. The molecule has 0 radical (unpaired) electrons. The molecular formula is C18H17F3N2O4. The van der Waals surface area contributed by atoms with Crippen LogP contribution in [0.5, 0.6) is 11.5 Å². The van der Waals surface area contributed by atoms with Crippen molar-refractivity contribution >= 4 is 11.8 Å². The monoisotopic (exact) mass is 382 g/mol. The summed E-state index contributed by atoms with van der Waals surface area (Å²) in [7, 11) is 2.81. The number of ether oxygens (including phenoxy) is 2. The van der Waals surface area contributed by atoms with E-state index >= 15 is 0 Å². The summed E-state index contributed by atoms with van der Waals surface area (Å²) in [5.74, 6) is -5.51. The Morgan fingerprint density at radius 2 is 1.41 bits per heavy atom. The third kappa shape index (κ3) is 4.49. The van der Waals surface area contributed by atoms with Crippen LogP contribution in [0.15, 0.2) is 30.3 Å². The molecular weight excluding hydrogens is 365 g/mol. The number of benzene rings is 2. The molecule has 0 aliphatic heterocycles. The maximum absolute atomic E-state index is 13.6. The number of nitrogens with one attached hydrogen (secondary N) is 2. The van der Waals surface area contributed by atoms with Gasteiger partial charge in [0.2, 0.25) is 0 Å². The molecule has 0 aliphatic rings. The first-order chi connectivity index (χ1) is 12.9. The number of carbonyl (C=O) groups excluding carboxylic acids is 2. The molecule has 2 amide bonds. The van der Waals surface area contributed by atoms with Gasteiger partial charge < -0.3 is 20.1 Å². The van der Waals surface area contributed by atoms with Crippen LogP contribution in [0.2, 0.25) is 0 Å². The smallest absolute Gasteiger partial charge is 0.258 e. The molecule has 0 aromatic heterocycles. The minimum absolute atomic E-state index is 0.00290. The van der Waals surface area contributed by atoms with E-state index in [1.54, 1.807) is 18.2 Å². The van der Waals surface area contributed by atoms with Crippen LogP contribution < -0.4 is 20.1 Å². The van der Waals surface area contributed by atoms with Crippen LogP contribution in [-0.4, -0.2) is 39.1 Å². The largest absolute Gasteiger partial charge is 0.496 e. The molecule has 6 nitrogen and oxygen atoms in total. The summed E-state index contributed by atoms with van der Waals surface area (Å²) in [6.07, 6.45) is 0. The highest BCUT2D eigenvalue weighted by molar-refractivity contribution is 5.99. The molecule has 2 N–H and O–H groups in total. The molecule has 2 aromatic carbocycles. The lowest BCUT2D eigenvalue weighted by atomic mass is 10.1. The predicted octanol–water partition coefficient (Wildman–Crippen LogP) is 2.28. The van der Waals surface area contributed by atoms with Crippen molar-refractivity contribution in [2.75, 3.05) is 27.3 Å². The third-order valence-electron chi connectivity index (χ3n) is 3.63. The molecule has 0 atom stereocenters. The second-order valence-corrected chi connectivity index (χ2v) is 5.27. The van der Waals surface area contributed by atoms with Gasteiger partial charge in [-0.1, -0.05) is 6.07 Å². The summed E-state index contributed by atoms with van der Waals surface area (Å²) in [6, 6.07) is 6.32. The van der Waals surface area contributed by atoms with Crippen molar-refractivity contribution in [3.05, 3.63) is 58.9 Å². The van der Waals surface area contributed by atoms with Gasteiger partial charge in [0.05, 0.1) is 19.8 Å². The zero-order valence-electron chi connectivity index (χ0n) is 14.6. The van der Waals surface area contributed by atoms with Crippen LogP contribution in [0.4, 0.5) is 13.2 Å².